The van der Waals surface area contributed by atoms with Gasteiger partial charge in [0.05, 0.1) is 18.7 Å². The number of methoxy groups -OCH3 is 1. The van der Waals surface area contributed by atoms with Crippen molar-refractivity contribution in [3.63, 3.8) is 0 Å². The quantitative estimate of drug-likeness (QED) is 0.700. The number of hydrogen-bond acceptors (Lipinski definition) is 6. The van der Waals surface area contributed by atoms with Crippen LogP contribution in [0.1, 0.15) is 33.1 Å². The Morgan fingerprint density at radius 2 is 1.91 bits per heavy atom. The second kappa shape index (κ2) is 10.4. The van der Waals surface area contributed by atoms with Crippen LogP contribution < -0.4 is 9.64 Å². The maximum atomic E-state index is 12.1. The molecule has 0 saturated carbocycles. The molecule has 2 saturated heterocycles. The number of ether oxygens (including phenoxy) is 2. The number of fused-ring (bicyclic) bond motifs is 1. The van der Waals surface area contributed by atoms with Gasteiger partial charge in [-0.1, -0.05) is 6.07 Å². The van der Waals surface area contributed by atoms with Gasteiger partial charge in [0.1, 0.15) is 11.4 Å². The highest BCUT2D eigenvalue weighted by Crippen LogP contribution is 2.35. The van der Waals surface area contributed by atoms with Crippen LogP contribution in [-0.2, 0) is 4.74 Å². The first-order valence-electron chi connectivity index (χ1n) is 11.9. The van der Waals surface area contributed by atoms with E-state index in [1.165, 1.54) is 0 Å². The monoisotopic (exact) mass is 440 g/mol. The van der Waals surface area contributed by atoms with Crippen molar-refractivity contribution in [3.05, 3.63) is 30.5 Å². The predicted molar refractivity (Wildman–Crippen MR) is 127 cm³/mol. The molecule has 0 radical (unpaired) electrons. The molecule has 0 aliphatic carbocycles. The Labute approximate surface area is 191 Å². The van der Waals surface area contributed by atoms with E-state index in [2.05, 4.69) is 33.0 Å². The summed E-state index contributed by atoms with van der Waals surface area (Å²) in [6.07, 6.45) is 4.85. The fraction of sp³-hybridized carbons (Fsp3) is 0.600. The number of hydrogen-bond donors (Lipinski definition) is 0. The van der Waals surface area contributed by atoms with Crippen LogP contribution in [0.25, 0.3) is 10.9 Å². The van der Waals surface area contributed by atoms with Crippen molar-refractivity contribution in [1.29, 1.82) is 0 Å². The number of amides is 1. The molecule has 0 N–H and O–H groups in total. The van der Waals surface area contributed by atoms with Crippen LogP contribution in [0.3, 0.4) is 0 Å². The van der Waals surface area contributed by atoms with Crippen LogP contribution in [0.15, 0.2) is 30.5 Å². The minimum Gasteiger partial charge on any atom is -0.494 e. The lowest BCUT2D eigenvalue weighted by molar-refractivity contribution is 0.0620. The number of pyridine rings is 1. The fourth-order valence-electron chi connectivity index (χ4n) is 4.90. The lowest BCUT2D eigenvalue weighted by atomic mass is 9.96. The number of nitrogens with zero attached hydrogens (tertiary/aromatic N) is 4. The van der Waals surface area contributed by atoms with Gasteiger partial charge in [-0.3, -0.25) is 4.98 Å². The van der Waals surface area contributed by atoms with Gasteiger partial charge in [-0.25, -0.2) is 4.79 Å². The summed E-state index contributed by atoms with van der Waals surface area (Å²) in [7, 11) is 1.74. The average Bonchev–Trinajstić information content (AvgIpc) is 3.03. The number of likely N-dealkylation sites (tertiary alicyclic amines) is 1. The van der Waals surface area contributed by atoms with Crippen LogP contribution in [0.2, 0.25) is 0 Å². The van der Waals surface area contributed by atoms with E-state index in [0.717, 1.165) is 87.4 Å². The van der Waals surface area contributed by atoms with Gasteiger partial charge in [0.2, 0.25) is 0 Å². The van der Waals surface area contributed by atoms with Gasteiger partial charge in [-0.05, 0) is 63.8 Å². The lowest BCUT2D eigenvalue weighted by Gasteiger charge is -2.34. The number of rotatable bonds is 5. The summed E-state index contributed by atoms with van der Waals surface area (Å²) in [6.45, 7) is 10.6. The third kappa shape index (κ3) is 5.26. The molecular weight excluding hydrogens is 404 g/mol. The van der Waals surface area contributed by atoms with E-state index in [1.54, 1.807) is 7.11 Å². The zero-order valence-corrected chi connectivity index (χ0v) is 19.6. The number of anilines is 1. The van der Waals surface area contributed by atoms with E-state index in [0.29, 0.717) is 5.92 Å². The van der Waals surface area contributed by atoms with E-state index in [9.17, 15) is 4.79 Å². The molecule has 2 fully saturated rings. The molecule has 1 amide bonds. The van der Waals surface area contributed by atoms with E-state index in [4.69, 9.17) is 9.47 Å². The standard InChI is InChI=1S/C25H36N4O3/c1-19(2)32-25(30)29-14-9-20(10-15-29)18-27-12-5-13-28(17-16-27)24-22(31-3)8-7-21-6-4-11-26-23(21)24/h4,6-8,11,19-20H,5,9-10,12-18H2,1-3H3. The van der Waals surface area contributed by atoms with Gasteiger partial charge in [-0.2, -0.15) is 0 Å². The van der Waals surface area contributed by atoms with Crippen LogP contribution in [0.4, 0.5) is 10.5 Å². The SMILES string of the molecule is COc1ccc2cccnc2c1N1CCCN(CC2CCN(C(=O)OC(C)C)CC2)CC1. The average molecular weight is 441 g/mol. The molecule has 32 heavy (non-hydrogen) atoms. The molecule has 3 heterocycles. The molecule has 0 bridgehead atoms. The van der Waals surface area contributed by atoms with Gasteiger partial charge in [-0.15, -0.1) is 0 Å². The Morgan fingerprint density at radius 3 is 2.66 bits per heavy atom. The summed E-state index contributed by atoms with van der Waals surface area (Å²) in [6, 6.07) is 8.23. The van der Waals surface area contributed by atoms with Crippen molar-refractivity contribution < 1.29 is 14.3 Å². The Bertz CT molecular complexity index is 911. The molecule has 2 aromatic rings. The van der Waals surface area contributed by atoms with Crippen molar-refractivity contribution >= 4 is 22.7 Å². The normalized spacial score (nSPS) is 18.8. The number of benzene rings is 1. The summed E-state index contributed by atoms with van der Waals surface area (Å²) in [5.74, 6) is 1.53. The highest BCUT2D eigenvalue weighted by atomic mass is 16.6. The van der Waals surface area contributed by atoms with E-state index < -0.39 is 0 Å². The summed E-state index contributed by atoms with van der Waals surface area (Å²) in [5, 5.41) is 1.15. The number of aromatic nitrogens is 1. The summed E-state index contributed by atoms with van der Waals surface area (Å²) in [5.41, 5.74) is 2.13. The predicted octanol–water partition coefficient (Wildman–Crippen LogP) is 4.01. The highest BCUT2D eigenvalue weighted by molar-refractivity contribution is 5.94. The Morgan fingerprint density at radius 1 is 1.09 bits per heavy atom. The van der Waals surface area contributed by atoms with Crippen molar-refractivity contribution in [1.82, 2.24) is 14.8 Å². The molecule has 0 unspecified atom stereocenters. The third-order valence-corrected chi connectivity index (χ3v) is 6.56. The Kier molecular flexibility index (Phi) is 7.35. The van der Waals surface area contributed by atoms with Gasteiger partial charge < -0.3 is 24.2 Å². The molecule has 1 aromatic heterocycles. The Balaban J connectivity index is 1.35. The first-order valence-corrected chi connectivity index (χ1v) is 11.9. The van der Waals surface area contributed by atoms with Crippen molar-refractivity contribution in [2.75, 3.05) is 57.8 Å². The molecule has 2 aliphatic rings. The highest BCUT2D eigenvalue weighted by Gasteiger charge is 2.27. The summed E-state index contributed by atoms with van der Waals surface area (Å²) < 4.78 is 11.1. The minimum absolute atomic E-state index is 0.0594. The maximum Gasteiger partial charge on any atom is 0.410 e. The molecule has 4 rings (SSSR count). The minimum atomic E-state index is -0.165. The van der Waals surface area contributed by atoms with E-state index >= 15 is 0 Å². The van der Waals surface area contributed by atoms with Crippen molar-refractivity contribution in [3.8, 4) is 5.75 Å². The molecule has 2 aliphatic heterocycles. The molecule has 7 heteroatoms. The molecule has 1 aromatic carbocycles. The zero-order valence-electron chi connectivity index (χ0n) is 19.6. The molecule has 174 valence electrons. The van der Waals surface area contributed by atoms with Crippen LogP contribution in [-0.4, -0.2) is 79.9 Å². The fourth-order valence-corrected chi connectivity index (χ4v) is 4.90. The van der Waals surface area contributed by atoms with Crippen LogP contribution >= 0.6 is 0 Å². The maximum absolute atomic E-state index is 12.1. The van der Waals surface area contributed by atoms with Gasteiger partial charge >= 0.3 is 6.09 Å². The van der Waals surface area contributed by atoms with Crippen LogP contribution in [0, 0.1) is 5.92 Å². The van der Waals surface area contributed by atoms with Gasteiger partial charge in [0.25, 0.3) is 0 Å². The first-order chi connectivity index (χ1) is 15.5. The number of carbonyl (C=O) groups excluding carboxylic acids is 1. The lowest BCUT2D eigenvalue weighted by Crippen LogP contribution is -2.43. The van der Waals surface area contributed by atoms with E-state index in [1.807, 2.05) is 31.0 Å². The largest absolute Gasteiger partial charge is 0.494 e. The second-order valence-corrected chi connectivity index (χ2v) is 9.20. The topological polar surface area (TPSA) is 58.1 Å². The first kappa shape index (κ1) is 22.6. The number of piperidine rings is 1. The van der Waals surface area contributed by atoms with Gasteiger partial charge in [0, 0.05) is 50.9 Å². The Hall–Kier alpha value is -2.54. The summed E-state index contributed by atoms with van der Waals surface area (Å²) in [4.78, 5) is 23.7. The van der Waals surface area contributed by atoms with Crippen LogP contribution in [0.5, 0.6) is 5.75 Å². The molecule has 0 spiro atoms. The van der Waals surface area contributed by atoms with Crippen molar-refractivity contribution in [2.45, 2.75) is 39.2 Å². The third-order valence-electron chi connectivity index (χ3n) is 6.56. The molecular formula is C25H36N4O3. The van der Waals surface area contributed by atoms with Gasteiger partial charge in [0.15, 0.2) is 0 Å². The molecule has 7 nitrogen and oxygen atoms in total. The number of carbonyl (C=O) groups is 1. The van der Waals surface area contributed by atoms with E-state index in [-0.39, 0.29) is 12.2 Å². The van der Waals surface area contributed by atoms with Crippen molar-refractivity contribution in [2.24, 2.45) is 5.92 Å². The summed E-state index contributed by atoms with van der Waals surface area (Å²) >= 11 is 0. The molecule has 0 atom stereocenters. The zero-order chi connectivity index (χ0) is 22.5. The smallest absolute Gasteiger partial charge is 0.410 e. The second-order valence-electron chi connectivity index (χ2n) is 9.20.